The minimum Gasteiger partial charge on any atom is -0.497 e. The molecule has 1 aliphatic carbocycles. The number of hydrogen-bond donors (Lipinski definition) is 2. The zero-order valence-electron chi connectivity index (χ0n) is 11.5. The lowest BCUT2D eigenvalue weighted by Gasteiger charge is -2.27. The number of rotatable bonds is 2. The van der Waals surface area contributed by atoms with Crippen LogP contribution in [0.15, 0.2) is 42.4 Å². The van der Waals surface area contributed by atoms with E-state index in [1.54, 1.807) is 24.3 Å². The van der Waals surface area contributed by atoms with Crippen molar-refractivity contribution < 1.29 is 9.13 Å². The molecule has 0 spiro atoms. The van der Waals surface area contributed by atoms with Crippen molar-refractivity contribution in [1.82, 2.24) is 9.97 Å². The number of hydrogen-bond acceptors (Lipinski definition) is 5. The van der Waals surface area contributed by atoms with Crippen LogP contribution < -0.4 is 16.2 Å². The lowest BCUT2D eigenvalue weighted by atomic mass is 9.86. The molecule has 5 nitrogen and oxygen atoms in total. The molecule has 3 rings (SSSR count). The Hall–Kier alpha value is -2.47. The van der Waals surface area contributed by atoms with E-state index in [1.807, 2.05) is 0 Å². The zero-order valence-corrected chi connectivity index (χ0v) is 11.5. The molecule has 1 unspecified atom stereocenters. The fourth-order valence-corrected chi connectivity index (χ4v) is 2.43. The second kappa shape index (κ2) is 4.82. The zero-order chi connectivity index (χ0) is 15.0. The molecule has 1 aromatic carbocycles. The molecule has 0 radical (unpaired) electrons. The maximum atomic E-state index is 14.4. The minimum absolute atomic E-state index is 0.305. The molecule has 0 bridgehead atoms. The van der Waals surface area contributed by atoms with Crippen molar-refractivity contribution in [1.29, 1.82) is 0 Å². The molecule has 108 valence electrons. The van der Waals surface area contributed by atoms with Gasteiger partial charge in [0.15, 0.2) is 0 Å². The van der Waals surface area contributed by atoms with E-state index in [9.17, 15) is 4.39 Å². The van der Waals surface area contributed by atoms with E-state index in [4.69, 9.17) is 16.2 Å². The first-order valence-electron chi connectivity index (χ1n) is 6.46. The molecule has 1 heterocycles. The molecular weight excluding hydrogens is 271 g/mol. The van der Waals surface area contributed by atoms with E-state index < -0.39 is 11.4 Å². The van der Waals surface area contributed by atoms with Gasteiger partial charge in [-0.3, -0.25) is 0 Å². The first kappa shape index (κ1) is 13.5. The number of nitrogens with two attached hydrogens (primary N) is 2. The average molecular weight is 286 g/mol. The summed E-state index contributed by atoms with van der Waals surface area (Å²) in [5.74, 6) is -0.0558. The van der Waals surface area contributed by atoms with Gasteiger partial charge >= 0.3 is 0 Å². The number of ether oxygens (including phenoxy) is 1. The van der Waals surface area contributed by atoms with Gasteiger partial charge in [-0.25, -0.2) is 14.4 Å². The highest BCUT2D eigenvalue weighted by Gasteiger charge is 2.30. The smallest absolute Gasteiger partial charge is 0.138 e. The van der Waals surface area contributed by atoms with Crippen LogP contribution in [-0.4, -0.2) is 17.1 Å². The fourth-order valence-electron chi connectivity index (χ4n) is 2.43. The lowest BCUT2D eigenvalue weighted by Crippen LogP contribution is -2.37. The van der Waals surface area contributed by atoms with Gasteiger partial charge in [-0.05, 0) is 12.5 Å². The average Bonchev–Trinajstić information content (AvgIpc) is 2.49. The summed E-state index contributed by atoms with van der Waals surface area (Å²) < 4.78 is 19.5. The second-order valence-electron chi connectivity index (χ2n) is 5.01. The predicted molar refractivity (Wildman–Crippen MR) is 77.9 cm³/mol. The molecule has 2 aromatic rings. The van der Waals surface area contributed by atoms with Crippen LogP contribution >= 0.6 is 0 Å². The molecule has 0 aliphatic heterocycles. The van der Waals surface area contributed by atoms with Gasteiger partial charge in [0.1, 0.15) is 17.9 Å². The number of fused-ring (bicyclic) bond motifs is 1. The summed E-state index contributed by atoms with van der Waals surface area (Å²) in [4.78, 5) is 8.31. The van der Waals surface area contributed by atoms with Gasteiger partial charge in [-0.2, -0.15) is 0 Å². The third-order valence-electron chi connectivity index (χ3n) is 3.59. The number of allylic oxidation sites excluding steroid dienone is 1. The van der Waals surface area contributed by atoms with Gasteiger partial charge in [-0.1, -0.05) is 12.2 Å². The molecule has 4 N–H and O–H groups in total. The van der Waals surface area contributed by atoms with Crippen LogP contribution in [0.1, 0.15) is 12.1 Å². The third kappa shape index (κ3) is 2.23. The van der Waals surface area contributed by atoms with Crippen molar-refractivity contribution in [3.63, 3.8) is 0 Å². The molecule has 0 amide bonds. The fraction of sp³-hybridized carbons (Fsp3) is 0.200. The molecular formula is C15H15FN4O. The molecule has 0 saturated carbocycles. The Kier molecular flexibility index (Phi) is 3.10. The van der Waals surface area contributed by atoms with Crippen LogP contribution in [-0.2, 0) is 5.54 Å². The van der Waals surface area contributed by atoms with Crippen molar-refractivity contribution in [2.45, 2.75) is 12.0 Å². The standard InChI is InChI=1S/C15H15FN4O/c1-21-10-6-11(16)13-12(7-10)19-8-20-14(13)15(18)4-2-9(17)3-5-15/h2-4,6-8H,5,17-18H2,1H3. The van der Waals surface area contributed by atoms with Gasteiger partial charge in [0.2, 0.25) is 0 Å². The number of benzene rings is 1. The SMILES string of the molecule is COc1cc(F)c2c(C3(N)C=CC(N)=CC3)ncnc2c1. The van der Waals surface area contributed by atoms with E-state index in [2.05, 4.69) is 9.97 Å². The van der Waals surface area contributed by atoms with Gasteiger partial charge in [-0.15, -0.1) is 0 Å². The first-order valence-corrected chi connectivity index (χ1v) is 6.46. The van der Waals surface area contributed by atoms with Gasteiger partial charge in [0.05, 0.1) is 29.2 Å². The topological polar surface area (TPSA) is 87.0 Å². The predicted octanol–water partition coefficient (Wildman–Crippen LogP) is 1.73. The Morgan fingerprint density at radius 3 is 2.81 bits per heavy atom. The van der Waals surface area contributed by atoms with Crippen molar-refractivity contribution in [2.75, 3.05) is 7.11 Å². The number of nitrogens with zero attached hydrogens (tertiary/aromatic N) is 2. The van der Waals surface area contributed by atoms with Crippen molar-refractivity contribution >= 4 is 10.9 Å². The maximum Gasteiger partial charge on any atom is 0.138 e. The summed E-state index contributed by atoms with van der Waals surface area (Å²) in [5.41, 5.74) is 12.7. The van der Waals surface area contributed by atoms with Crippen LogP contribution in [0.25, 0.3) is 10.9 Å². The molecule has 1 aliphatic rings. The van der Waals surface area contributed by atoms with Gasteiger partial charge in [0.25, 0.3) is 0 Å². The van der Waals surface area contributed by atoms with E-state index in [1.165, 1.54) is 19.5 Å². The largest absolute Gasteiger partial charge is 0.497 e. The maximum absolute atomic E-state index is 14.4. The number of aromatic nitrogens is 2. The highest BCUT2D eigenvalue weighted by molar-refractivity contribution is 5.84. The second-order valence-corrected chi connectivity index (χ2v) is 5.01. The molecule has 0 saturated heterocycles. The third-order valence-corrected chi connectivity index (χ3v) is 3.59. The van der Waals surface area contributed by atoms with Crippen LogP contribution in [0, 0.1) is 5.82 Å². The summed E-state index contributed by atoms with van der Waals surface area (Å²) in [5, 5.41) is 0.305. The molecule has 0 fully saturated rings. The van der Waals surface area contributed by atoms with E-state index >= 15 is 0 Å². The summed E-state index contributed by atoms with van der Waals surface area (Å²) in [6.45, 7) is 0. The van der Waals surface area contributed by atoms with Crippen molar-refractivity contribution in [2.24, 2.45) is 11.5 Å². The monoisotopic (exact) mass is 286 g/mol. The van der Waals surface area contributed by atoms with Crippen LogP contribution in [0.3, 0.4) is 0 Å². The van der Waals surface area contributed by atoms with Gasteiger partial charge < -0.3 is 16.2 Å². The van der Waals surface area contributed by atoms with E-state index in [0.29, 0.717) is 34.5 Å². The Balaban J connectivity index is 2.22. The van der Waals surface area contributed by atoms with Gasteiger partial charge in [0, 0.05) is 17.8 Å². The highest BCUT2D eigenvalue weighted by Crippen LogP contribution is 2.33. The van der Waals surface area contributed by atoms with Crippen molar-refractivity contribution in [3.8, 4) is 5.75 Å². The summed E-state index contributed by atoms with van der Waals surface area (Å²) >= 11 is 0. The minimum atomic E-state index is -0.903. The molecule has 21 heavy (non-hydrogen) atoms. The quantitative estimate of drug-likeness (QED) is 0.878. The van der Waals surface area contributed by atoms with E-state index in [0.717, 1.165) is 0 Å². The summed E-state index contributed by atoms with van der Waals surface area (Å²) in [7, 11) is 1.48. The number of halogens is 1. The highest BCUT2D eigenvalue weighted by atomic mass is 19.1. The Bertz CT molecular complexity index is 772. The number of methoxy groups -OCH3 is 1. The Morgan fingerprint density at radius 1 is 1.33 bits per heavy atom. The normalized spacial score (nSPS) is 21.4. The lowest BCUT2D eigenvalue weighted by molar-refractivity contribution is 0.412. The van der Waals surface area contributed by atoms with Crippen LogP contribution in [0.5, 0.6) is 5.75 Å². The van der Waals surface area contributed by atoms with Crippen molar-refractivity contribution in [3.05, 3.63) is 53.9 Å². The van der Waals surface area contributed by atoms with Crippen LogP contribution in [0.4, 0.5) is 4.39 Å². The Morgan fingerprint density at radius 2 is 2.14 bits per heavy atom. The molecule has 1 atom stereocenters. The van der Waals surface area contributed by atoms with E-state index in [-0.39, 0.29) is 0 Å². The molecule has 1 aromatic heterocycles. The summed E-state index contributed by atoms with van der Waals surface area (Å²) in [6, 6.07) is 2.96. The molecule has 6 heteroatoms. The first-order chi connectivity index (χ1) is 10.0. The Labute approximate surface area is 121 Å². The van der Waals surface area contributed by atoms with Crippen LogP contribution in [0.2, 0.25) is 0 Å². The summed E-state index contributed by atoms with van der Waals surface area (Å²) in [6.07, 6.45) is 7.08.